The molecule has 0 radical (unpaired) electrons. The van der Waals surface area contributed by atoms with E-state index < -0.39 is 12.0 Å². The molecule has 0 fully saturated rings. The Morgan fingerprint density at radius 3 is 2.81 bits per heavy atom. The van der Waals surface area contributed by atoms with Crippen LogP contribution in [0, 0.1) is 0 Å². The molecule has 116 valence electrons. The Morgan fingerprint density at radius 1 is 1.43 bits per heavy atom. The zero-order chi connectivity index (χ0) is 15.7. The van der Waals surface area contributed by atoms with Crippen molar-refractivity contribution in [2.24, 2.45) is 0 Å². The Kier molecular flexibility index (Phi) is 7.68. The van der Waals surface area contributed by atoms with Gasteiger partial charge in [0.15, 0.2) is 0 Å². The topological polar surface area (TPSA) is 75.6 Å². The Labute approximate surface area is 129 Å². The van der Waals surface area contributed by atoms with Crippen molar-refractivity contribution in [1.29, 1.82) is 0 Å². The Morgan fingerprint density at radius 2 is 2.19 bits per heavy atom. The van der Waals surface area contributed by atoms with Gasteiger partial charge in [0.25, 0.3) is 0 Å². The molecule has 1 aromatic rings. The Bertz CT molecular complexity index is 478. The molecule has 0 aliphatic carbocycles. The van der Waals surface area contributed by atoms with Crippen molar-refractivity contribution in [3.63, 3.8) is 0 Å². The minimum Gasteiger partial charge on any atom is -0.497 e. The van der Waals surface area contributed by atoms with Crippen LogP contribution < -0.4 is 10.1 Å². The van der Waals surface area contributed by atoms with Gasteiger partial charge in [-0.1, -0.05) is 12.1 Å². The Balaban J connectivity index is 2.46. The van der Waals surface area contributed by atoms with Crippen LogP contribution in [-0.4, -0.2) is 42.1 Å². The maximum atomic E-state index is 11.8. The van der Waals surface area contributed by atoms with Gasteiger partial charge in [-0.25, -0.2) is 4.79 Å². The molecule has 21 heavy (non-hydrogen) atoms. The van der Waals surface area contributed by atoms with Gasteiger partial charge in [-0.3, -0.25) is 4.79 Å². The third kappa shape index (κ3) is 6.53. The number of benzene rings is 1. The standard InChI is InChI=1S/C15H21NO4S/c1-20-12-5-3-4-11(10-12)6-7-14(17)16-13(15(18)19)8-9-21-2/h3-5,10,13H,6-9H2,1-2H3,(H,16,17)(H,18,19)/t13-/m0/s1. The van der Waals surface area contributed by atoms with Gasteiger partial charge in [0.05, 0.1) is 7.11 Å². The first-order valence-corrected chi connectivity index (χ1v) is 8.10. The summed E-state index contributed by atoms with van der Waals surface area (Å²) in [5, 5.41) is 11.6. The maximum Gasteiger partial charge on any atom is 0.326 e. The molecule has 6 heteroatoms. The second-order valence-electron chi connectivity index (χ2n) is 4.59. The Hall–Kier alpha value is -1.69. The summed E-state index contributed by atoms with van der Waals surface area (Å²) in [6.45, 7) is 0. The summed E-state index contributed by atoms with van der Waals surface area (Å²) in [6, 6.07) is 6.68. The van der Waals surface area contributed by atoms with E-state index in [-0.39, 0.29) is 12.3 Å². The van der Waals surface area contributed by atoms with Gasteiger partial charge in [-0.05, 0) is 42.5 Å². The number of rotatable bonds is 9. The lowest BCUT2D eigenvalue weighted by Gasteiger charge is -2.14. The lowest BCUT2D eigenvalue weighted by atomic mass is 10.1. The van der Waals surface area contributed by atoms with E-state index in [1.807, 2.05) is 30.5 Å². The van der Waals surface area contributed by atoms with Crippen LogP contribution in [0.3, 0.4) is 0 Å². The fourth-order valence-corrected chi connectivity index (χ4v) is 2.32. The smallest absolute Gasteiger partial charge is 0.326 e. The molecule has 0 aliphatic heterocycles. The molecule has 0 unspecified atom stereocenters. The summed E-state index contributed by atoms with van der Waals surface area (Å²) in [5.74, 6) is 0.217. The van der Waals surface area contributed by atoms with Gasteiger partial charge >= 0.3 is 5.97 Å². The van der Waals surface area contributed by atoms with Crippen LogP contribution in [0.1, 0.15) is 18.4 Å². The summed E-state index contributed by atoms with van der Waals surface area (Å²) in [6.07, 6.45) is 3.15. The fraction of sp³-hybridized carbons (Fsp3) is 0.467. The molecule has 0 heterocycles. The van der Waals surface area contributed by atoms with Gasteiger partial charge in [0.1, 0.15) is 11.8 Å². The number of aryl methyl sites for hydroxylation is 1. The van der Waals surface area contributed by atoms with Crippen LogP contribution in [-0.2, 0) is 16.0 Å². The normalized spacial score (nSPS) is 11.7. The molecule has 2 N–H and O–H groups in total. The fourth-order valence-electron chi connectivity index (χ4n) is 1.85. The predicted octanol–water partition coefficient (Wildman–Crippen LogP) is 1.95. The zero-order valence-electron chi connectivity index (χ0n) is 12.3. The minimum atomic E-state index is -0.987. The predicted molar refractivity (Wildman–Crippen MR) is 83.9 cm³/mol. The second-order valence-corrected chi connectivity index (χ2v) is 5.58. The molecule has 0 aliphatic rings. The van der Waals surface area contributed by atoms with Crippen LogP contribution in [0.5, 0.6) is 5.75 Å². The van der Waals surface area contributed by atoms with Crippen molar-refractivity contribution in [1.82, 2.24) is 5.32 Å². The van der Waals surface area contributed by atoms with Crippen molar-refractivity contribution in [2.75, 3.05) is 19.1 Å². The van der Waals surface area contributed by atoms with Crippen LogP contribution in [0.25, 0.3) is 0 Å². The number of hydrogen-bond acceptors (Lipinski definition) is 4. The van der Waals surface area contributed by atoms with Crippen molar-refractivity contribution < 1.29 is 19.4 Å². The summed E-state index contributed by atoms with van der Waals surface area (Å²) < 4.78 is 5.12. The number of hydrogen-bond donors (Lipinski definition) is 2. The van der Waals surface area contributed by atoms with E-state index in [0.717, 1.165) is 11.3 Å². The summed E-state index contributed by atoms with van der Waals surface area (Å²) in [7, 11) is 1.59. The van der Waals surface area contributed by atoms with Gasteiger partial charge in [-0.15, -0.1) is 0 Å². The van der Waals surface area contributed by atoms with E-state index in [1.165, 1.54) is 0 Å². The molecule has 1 atom stereocenters. The highest BCUT2D eigenvalue weighted by molar-refractivity contribution is 7.98. The van der Waals surface area contributed by atoms with Crippen LogP contribution in [0.4, 0.5) is 0 Å². The number of nitrogens with one attached hydrogen (secondary N) is 1. The number of aliphatic carboxylic acids is 1. The van der Waals surface area contributed by atoms with E-state index in [9.17, 15) is 9.59 Å². The van der Waals surface area contributed by atoms with E-state index in [4.69, 9.17) is 9.84 Å². The molecular weight excluding hydrogens is 290 g/mol. The highest BCUT2D eigenvalue weighted by atomic mass is 32.2. The van der Waals surface area contributed by atoms with Gasteiger partial charge in [0, 0.05) is 6.42 Å². The van der Waals surface area contributed by atoms with Gasteiger partial charge in [0.2, 0.25) is 5.91 Å². The molecular formula is C15H21NO4S. The van der Waals surface area contributed by atoms with Crippen molar-refractivity contribution in [3.05, 3.63) is 29.8 Å². The number of ether oxygens (including phenoxy) is 1. The number of methoxy groups -OCH3 is 1. The first-order chi connectivity index (χ1) is 10.1. The molecule has 0 aromatic heterocycles. The monoisotopic (exact) mass is 311 g/mol. The van der Waals surface area contributed by atoms with Gasteiger partial charge < -0.3 is 15.2 Å². The zero-order valence-corrected chi connectivity index (χ0v) is 13.1. The van der Waals surface area contributed by atoms with Crippen LogP contribution in [0.2, 0.25) is 0 Å². The molecule has 0 spiro atoms. The van der Waals surface area contributed by atoms with E-state index >= 15 is 0 Å². The second kappa shape index (κ2) is 9.28. The van der Waals surface area contributed by atoms with E-state index in [1.54, 1.807) is 18.9 Å². The maximum absolute atomic E-state index is 11.8. The molecule has 5 nitrogen and oxygen atoms in total. The molecule has 1 rings (SSSR count). The number of carbonyl (C=O) groups excluding carboxylic acids is 1. The number of carbonyl (C=O) groups is 2. The van der Waals surface area contributed by atoms with Crippen molar-refractivity contribution in [3.8, 4) is 5.75 Å². The molecule has 1 amide bonds. The third-order valence-corrected chi connectivity index (χ3v) is 3.66. The molecule has 0 saturated carbocycles. The summed E-state index contributed by atoms with van der Waals surface area (Å²) in [5.41, 5.74) is 0.987. The van der Waals surface area contributed by atoms with Crippen LogP contribution >= 0.6 is 11.8 Å². The molecule has 1 aromatic carbocycles. The summed E-state index contributed by atoms with van der Waals surface area (Å²) in [4.78, 5) is 22.9. The first kappa shape index (κ1) is 17.4. The average Bonchev–Trinajstić information content (AvgIpc) is 2.49. The van der Waals surface area contributed by atoms with E-state index in [2.05, 4.69) is 5.32 Å². The van der Waals surface area contributed by atoms with Crippen molar-refractivity contribution >= 4 is 23.6 Å². The lowest BCUT2D eigenvalue weighted by molar-refractivity contribution is -0.141. The highest BCUT2D eigenvalue weighted by Crippen LogP contribution is 2.14. The molecule has 0 saturated heterocycles. The highest BCUT2D eigenvalue weighted by Gasteiger charge is 2.19. The minimum absolute atomic E-state index is 0.244. The average molecular weight is 311 g/mol. The first-order valence-electron chi connectivity index (χ1n) is 6.71. The van der Waals surface area contributed by atoms with E-state index in [0.29, 0.717) is 18.6 Å². The number of carboxylic acids is 1. The van der Waals surface area contributed by atoms with Crippen molar-refractivity contribution in [2.45, 2.75) is 25.3 Å². The number of carboxylic acid groups (broad SMARTS) is 1. The largest absolute Gasteiger partial charge is 0.497 e. The number of thioether (sulfide) groups is 1. The molecule has 0 bridgehead atoms. The SMILES string of the molecule is COc1cccc(CCC(=O)N[C@@H](CCSC)C(=O)O)c1. The number of amides is 1. The lowest BCUT2D eigenvalue weighted by Crippen LogP contribution is -2.41. The van der Waals surface area contributed by atoms with Crippen LogP contribution in [0.15, 0.2) is 24.3 Å². The van der Waals surface area contributed by atoms with Gasteiger partial charge in [-0.2, -0.15) is 11.8 Å². The quantitative estimate of drug-likeness (QED) is 0.729. The third-order valence-electron chi connectivity index (χ3n) is 3.02. The summed E-state index contributed by atoms with van der Waals surface area (Å²) >= 11 is 1.56.